The van der Waals surface area contributed by atoms with Crippen LogP contribution in [0.1, 0.15) is 6.92 Å². The number of carbonyl (C=O) groups excluding carboxylic acids is 1. The number of aromatic nitrogens is 1. The minimum atomic E-state index is -0.204. The Labute approximate surface area is 84.7 Å². The minimum Gasteiger partial charge on any atom is -0.442 e. The van der Waals surface area contributed by atoms with Gasteiger partial charge in [-0.15, -0.1) is 0 Å². The summed E-state index contributed by atoms with van der Waals surface area (Å²) in [5.74, 6) is 0. The van der Waals surface area contributed by atoms with Crippen molar-refractivity contribution in [3.8, 4) is 0 Å². The molecule has 1 atom stereocenters. The predicted octanol–water partition coefficient (Wildman–Crippen LogP) is 2.25. The molecule has 1 unspecified atom stereocenters. The Morgan fingerprint density at radius 2 is 2.46 bits per heavy atom. The van der Waals surface area contributed by atoms with Gasteiger partial charge in [0.05, 0.1) is 0 Å². The van der Waals surface area contributed by atoms with Gasteiger partial charge in [0, 0.05) is 6.20 Å². The summed E-state index contributed by atoms with van der Waals surface area (Å²) in [5, 5.41) is 0.897. The third kappa shape index (κ3) is 4.19. The Hall–Kier alpha value is -0.680. The number of ether oxygens (including phenoxy) is 1. The molecule has 0 aliphatic heterocycles. The van der Waals surface area contributed by atoms with Crippen molar-refractivity contribution in [2.45, 2.75) is 17.4 Å². The summed E-state index contributed by atoms with van der Waals surface area (Å²) in [6, 6.07) is 5.66. The molecule has 1 rings (SSSR count). The van der Waals surface area contributed by atoms with Crippen molar-refractivity contribution in [3.05, 3.63) is 24.4 Å². The maximum absolute atomic E-state index is 9.84. The maximum Gasteiger partial charge on any atom is 0.418 e. The molecule has 0 spiro atoms. The van der Waals surface area contributed by atoms with Gasteiger partial charge in [-0.3, -0.25) is 0 Å². The largest absolute Gasteiger partial charge is 0.442 e. The average Bonchev–Trinajstić information content (AvgIpc) is 2.17. The van der Waals surface area contributed by atoms with E-state index in [0.717, 1.165) is 5.03 Å². The van der Waals surface area contributed by atoms with Crippen LogP contribution in [0.4, 0.5) is 0 Å². The highest BCUT2D eigenvalue weighted by Gasteiger charge is 2.04. The van der Waals surface area contributed by atoms with Gasteiger partial charge in [-0.2, -0.15) is 0 Å². The number of hydrogen-bond donors (Lipinski definition) is 0. The summed E-state index contributed by atoms with van der Waals surface area (Å²) in [6.45, 7) is 3.18. The van der Waals surface area contributed by atoms with Gasteiger partial charge < -0.3 is 4.74 Å². The number of hydrogen-bond acceptors (Lipinski definition) is 5. The molecule has 1 heterocycles. The third-order valence-electron chi connectivity index (χ3n) is 1.12. The highest BCUT2D eigenvalue weighted by atomic mass is 33.1. The lowest BCUT2D eigenvalue weighted by atomic mass is 10.5. The lowest BCUT2D eigenvalue weighted by molar-refractivity contribution is 0.270. The van der Waals surface area contributed by atoms with Gasteiger partial charge in [-0.05, 0) is 40.6 Å². The molecule has 0 aromatic carbocycles. The Morgan fingerprint density at radius 3 is 3.08 bits per heavy atom. The van der Waals surface area contributed by atoms with E-state index in [-0.39, 0.29) is 5.44 Å². The summed E-state index contributed by atoms with van der Waals surface area (Å²) in [5.41, 5.74) is -0.204. The Bertz CT molecular complexity index is 256. The fourth-order valence-corrected chi connectivity index (χ4v) is 2.27. The first-order chi connectivity index (χ1) is 6.33. The highest BCUT2D eigenvalue weighted by molar-refractivity contribution is 8.76. The first-order valence-electron chi connectivity index (χ1n) is 3.60. The molecule has 0 N–H and O–H groups in total. The molecule has 0 aliphatic carbocycles. The molecule has 1 radical (unpaired) electrons. The van der Waals surface area contributed by atoms with E-state index in [9.17, 15) is 4.79 Å². The van der Waals surface area contributed by atoms with E-state index in [1.165, 1.54) is 28.1 Å². The summed E-state index contributed by atoms with van der Waals surface area (Å²) in [7, 11) is 2.89. The van der Waals surface area contributed by atoms with E-state index in [4.69, 9.17) is 0 Å². The molecule has 0 saturated carbocycles. The first-order valence-corrected chi connectivity index (χ1v) is 5.81. The van der Waals surface area contributed by atoms with E-state index < -0.39 is 0 Å². The van der Waals surface area contributed by atoms with E-state index >= 15 is 0 Å². The highest BCUT2D eigenvalue weighted by Crippen LogP contribution is 2.32. The first kappa shape index (κ1) is 10.4. The van der Waals surface area contributed by atoms with Crippen LogP contribution < -0.4 is 0 Å². The van der Waals surface area contributed by atoms with Crippen LogP contribution in [0.5, 0.6) is 0 Å². The van der Waals surface area contributed by atoms with Gasteiger partial charge in [-0.25, -0.2) is 9.78 Å². The van der Waals surface area contributed by atoms with Crippen LogP contribution in [0, 0.1) is 0 Å². The number of pyridine rings is 1. The molecular weight excluding hydrogens is 206 g/mol. The predicted molar refractivity (Wildman–Crippen MR) is 53.9 cm³/mol. The lowest BCUT2D eigenvalue weighted by Crippen LogP contribution is -1.98. The monoisotopic (exact) mass is 214 g/mol. The summed E-state index contributed by atoms with van der Waals surface area (Å²) in [6.07, 6.45) is 1.72. The van der Waals surface area contributed by atoms with Crippen LogP contribution in [0.3, 0.4) is 0 Å². The van der Waals surface area contributed by atoms with Crippen LogP contribution >= 0.6 is 21.6 Å². The SMILES string of the molecule is CC(O[C]=O)SSc1ccccn1. The summed E-state index contributed by atoms with van der Waals surface area (Å²) >= 11 is 0. The van der Waals surface area contributed by atoms with Crippen LogP contribution in [-0.4, -0.2) is 16.9 Å². The fourth-order valence-electron chi connectivity index (χ4n) is 0.601. The maximum atomic E-state index is 9.84. The fraction of sp³-hybridized carbons (Fsp3) is 0.250. The molecule has 0 amide bonds. The zero-order chi connectivity index (χ0) is 9.52. The van der Waals surface area contributed by atoms with Crippen LogP contribution in [0.15, 0.2) is 29.4 Å². The van der Waals surface area contributed by atoms with Crippen molar-refractivity contribution >= 4 is 28.1 Å². The van der Waals surface area contributed by atoms with Crippen LogP contribution in [0.25, 0.3) is 0 Å². The normalized spacial score (nSPS) is 12.1. The van der Waals surface area contributed by atoms with Crippen LogP contribution in [0.2, 0.25) is 0 Å². The second-order valence-electron chi connectivity index (χ2n) is 2.12. The van der Waals surface area contributed by atoms with E-state index in [2.05, 4.69) is 9.72 Å². The summed E-state index contributed by atoms with van der Waals surface area (Å²) in [4.78, 5) is 13.9. The second kappa shape index (κ2) is 5.88. The van der Waals surface area contributed by atoms with Crippen molar-refractivity contribution in [2.75, 3.05) is 0 Å². The van der Waals surface area contributed by atoms with Crippen molar-refractivity contribution < 1.29 is 9.53 Å². The molecular formula is C8H8NO2S2. The number of nitrogens with zero attached hydrogens (tertiary/aromatic N) is 1. The van der Waals surface area contributed by atoms with E-state index in [1.807, 2.05) is 18.2 Å². The average molecular weight is 214 g/mol. The molecule has 69 valence electrons. The molecule has 5 heteroatoms. The molecule has 0 bridgehead atoms. The van der Waals surface area contributed by atoms with Gasteiger partial charge in [0.15, 0.2) is 5.44 Å². The van der Waals surface area contributed by atoms with E-state index in [1.54, 1.807) is 13.1 Å². The van der Waals surface area contributed by atoms with Gasteiger partial charge >= 0.3 is 6.47 Å². The van der Waals surface area contributed by atoms with Crippen molar-refractivity contribution in [2.24, 2.45) is 0 Å². The third-order valence-corrected chi connectivity index (χ3v) is 3.61. The van der Waals surface area contributed by atoms with Crippen molar-refractivity contribution in [1.82, 2.24) is 4.98 Å². The standard InChI is InChI=1S/C8H8NO2S2/c1-7(11-6-10)12-13-8-4-2-3-5-9-8/h2-5,7H,1H3. The van der Waals surface area contributed by atoms with Gasteiger partial charge in [-0.1, -0.05) is 6.07 Å². The molecule has 0 aliphatic rings. The Balaban J connectivity index is 2.30. The Morgan fingerprint density at radius 1 is 1.62 bits per heavy atom. The number of rotatable bonds is 5. The van der Waals surface area contributed by atoms with E-state index in [0.29, 0.717) is 0 Å². The Kier molecular flexibility index (Phi) is 4.70. The minimum absolute atomic E-state index is 0.204. The van der Waals surface area contributed by atoms with Gasteiger partial charge in [0.2, 0.25) is 0 Å². The molecule has 1 aromatic heterocycles. The smallest absolute Gasteiger partial charge is 0.418 e. The van der Waals surface area contributed by atoms with Crippen molar-refractivity contribution in [3.63, 3.8) is 0 Å². The quantitative estimate of drug-likeness (QED) is 0.555. The second-order valence-corrected chi connectivity index (χ2v) is 4.63. The topological polar surface area (TPSA) is 39.2 Å². The molecule has 0 saturated heterocycles. The lowest BCUT2D eigenvalue weighted by Gasteiger charge is -2.05. The zero-order valence-corrected chi connectivity index (χ0v) is 8.60. The van der Waals surface area contributed by atoms with Gasteiger partial charge in [0.25, 0.3) is 0 Å². The zero-order valence-electron chi connectivity index (χ0n) is 6.97. The summed E-state index contributed by atoms with van der Waals surface area (Å²) < 4.78 is 4.57. The molecule has 1 aromatic rings. The molecule has 3 nitrogen and oxygen atoms in total. The van der Waals surface area contributed by atoms with Crippen LogP contribution in [-0.2, 0) is 9.53 Å². The van der Waals surface area contributed by atoms with Crippen molar-refractivity contribution in [1.29, 1.82) is 0 Å². The molecule has 13 heavy (non-hydrogen) atoms. The molecule has 0 fully saturated rings. The van der Waals surface area contributed by atoms with Gasteiger partial charge in [0.1, 0.15) is 5.03 Å².